The summed E-state index contributed by atoms with van der Waals surface area (Å²) in [7, 11) is -4.65. The summed E-state index contributed by atoms with van der Waals surface area (Å²) < 4.78 is 68.4. The van der Waals surface area contributed by atoms with Crippen LogP contribution in [0.1, 0.15) is 58.2 Å². The van der Waals surface area contributed by atoms with Gasteiger partial charge in [-0.15, -0.1) is 13.2 Å². The van der Waals surface area contributed by atoms with Crippen molar-refractivity contribution in [2.75, 3.05) is 0 Å². The summed E-state index contributed by atoms with van der Waals surface area (Å²) in [6.45, 7) is 11.2. The molecule has 0 bridgehead atoms. The van der Waals surface area contributed by atoms with Gasteiger partial charge in [0, 0.05) is 11.1 Å². The van der Waals surface area contributed by atoms with E-state index in [2.05, 4.69) is 4.74 Å². The van der Waals surface area contributed by atoms with E-state index in [-0.39, 0.29) is 5.75 Å². The van der Waals surface area contributed by atoms with Crippen molar-refractivity contribution in [1.29, 1.82) is 5.26 Å². The lowest BCUT2D eigenvalue weighted by Crippen LogP contribution is -2.19. The first-order valence-electron chi connectivity index (χ1n) is 9.97. The quantitative estimate of drug-likeness (QED) is 0.524. The molecule has 0 amide bonds. The second kappa shape index (κ2) is 8.75. The Labute approximate surface area is 192 Å². The minimum absolute atomic E-state index is 0.0671. The van der Waals surface area contributed by atoms with Crippen LogP contribution in [0.2, 0.25) is 0 Å². The van der Waals surface area contributed by atoms with Crippen LogP contribution in [0, 0.1) is 11.3 Å². The average Bonchev–Trinajstić information content (AvgIpc) is 2.64. The van der Waals surface area contributed by atoms with Crippen molar-refractivity contribution in [2.45, 2.75) is 63.6 Å². The first-order valence-corrected chi connectivity index (χ1v) is 11.5. The summed E-state index contributed by atoms with van der Waals surface area (Å²) in [6.07, 6.45) is -4.02. The fourth-order valence-corrected chi connectivity index (χ4v) is 4.49. The molecule has 0 aliphatic rings. The number of halogens is 3. The maximum absolute atomic E-state index is 13.1. The van der Waals surface area contributed by atoms with Gasteiger partial charge in [0.2, 0.25) is 9.84 Å². The van der Waals surface area contributed by atoms with E-state index in [9.17, 15) is 32.0 Å². The second-order valence-corrected chi connectivity index (χ2v) is 11.5. The SMILES string of the molecule is CC(C)(C)c1cc(/C=C(/C#N)S(=O)(=O)c2ccccc2OC(F)(F)F)cc(C(C)(C)C)c1O. The third-order valence-corrected chi connectivity index (χ3v) is 6.51. The van der Waals surface area contributed by atoms with Crippen LogP contribution >= 0.6 is 0 Å². The van der Waals surface area contributed by atoms with Crippen LogP contribution in [0.15, 0.2) is 46.2 Å². The minimum Gasteiger partial charge on any atom is -0.507 e. The number of sulfone groups is 1. The molecular weight excluding hydrogens is 455 g/mol. The molecule has 0 aliphatic heterocycles. The number of para-hydroxylation sites is 1. The number of hydrogen-bond acceptors (Lipinski definition) is 5. The van der Waals surface area contributed by atoms with Gasteiger partial charge >= 0.3 is 6.36 Å². The minimum atomic E-state index is -5.11. The molecule has 0 radical (unpaired) electrons. The van der Waals surface area contributed by atoms with E-state index in [1.165, 1.54) is 12.1 Å². The number of phenols is 1. The van der Waals surface area contributed by atoms with E-state index < -0.39 is 42.6 Å². The van der Waals surface area contributed by atoms with Gasteiger partial charge in [0.1, 0.15) is 27.4 Å². The molecule has 0 unspecified atom stereocenters. The molecule has 9 heteroatoms. The predicted molar refractivity (Wildman–Crippen MR) is 119 cm³/mol. The highest BCUT2D eigenvalue weighted by Crippen LogP contribution is 2.41. The van der Waals surface area contributed by atoms with Crippen LogP contribution in [0.4, 0.5) is 13.2 Å². The zero-order valence-electron chi connectivity index (χ0n) is 19.2. The molecule has 0 heterocycles. The molecule has 0 saturated carbocycles. The molecule has 0 spiro atoms. The van der Waals surface area contributed by atoms with Gasteiger partial charge in [-0.2, -0.15) is 5.26 Å². The number of allylic oxidation sites excluding steroid dienone is 1. The number of benzene rings is 2. The number of hydrogen-bond donors (Lipinski definition) is 1. The molecule has 0 aromatic heterocycles. The maximum Gasteiger partial charge on any atom is 0.573 e. The van der Waals surface area contributed by atoms with Gasteiger partial charge in [0.05, 0.1) is 0 Å². The van der Waals surface area contributed by atoms with Gasteiger partial charge in [-0.1, -0.05) is 53.7 Å². The molecular formula is C24H26F3NO4S. The zero-order chi connectivity index (χ0) is 25.4. The van der Waals surface area contributed by atoms with Crippen molar-refractivity contribution in [1.82, 2.24) is 0 Å². The maximum atomic E-state index is 13.1. The largest absolute Gasteiger partial charge is 0.573 e. The Bertz CT molecular complexity index is 1190. The standard InChI is InChI=1S/C24H26F3NO4S/c1-22(2,3)17-12-15(13-18(21(17)29)23(4,5)6)11-16(14-28)33(30,31)20-10-8-7-9-19(20)32-24(25,26)27/h7-13,29H,1-6H3/b16-11-. The molecule has 2 aromatic carbocycles. The van der Waals surface area contributed by atoms with E-state index in [0.29, 0.717) is 16.7 Å². The van der Waals surface area contributed by atoms with Crippen molar-refractivity contribution in [2.24, 2.45) is 0 Å². The normalized spacial score (nSPS) is 13.5. The van der Waals surface area contributed by atoms with Gasteiger partial charge in [-0.25, -0.2) is 8.42 Å². The number of ether oxygens (including phenoxy) is 1. The lowest BCUT2D eigenvalue weighted by atomic mass is 9.78. The number of aromatic hydroxyl groups is 1. The third-order valence-electron chi connectivity index (χ3n) is 4.81. The van der Waals surface area contributed by atoms with Crippen LogP contribution in [-0.4, -0.2) is 19.9 Å². The van der Waals surface area contributed by atoms with E-state index in [4.69, 9.17) is 0 Å². The van der Waals surface area contributed by atoms with Crippen molar-refractivity contribution in [3.8, 4) is 17.6 Å². The highest BCUT2D eigenvalue weighted by molar-refractivity contribution is 7.95. The molecule has 0 aliphatic carbocycles. The Morgan fingerprint density at radius 1 is 1.00 bits per heavy atom. The molecule has 2 aromatic rings. The third kappa shape index (κ3) is 6.08. The van der Waals surface area contributed by atoms with E-state index >= 15 is 0 Å². The Morgan fingerprint density at radius 2 is 1.48 bits per heavy atom. The van der Waals surface area contributed by atoms with Gasteiger partial charge in [-0.05, 0) is 46.7 Å². The lowest BCUT2D eigenvalue weighted by molar-refractivity contribution is -0.275. The Balaban J connectivity index is 2.76. The molecule has 0 saturated heterocycles. The van der Waals surface area contributed by atoms with E-state index in [1.807, 2.05) is 41.5 Å². The number of alkyl halides is 3. The number of nitrogens with zero attached hydrogens (tertiary/aromatic N) is 1. The smallest absolute Gasteiger partial charge is 0.507 e. The van der Waals surface area contributed by atoms with Crippen molar-refractivity contribution in [3.05, 3.63) is 58.0 Å². The molecule has 2 rings (SSSR count). The van der Waals surface area contributed by atoms with Gasteiger partial charge < -0.3 is 9.84 Å². The van der Waals surface area contributed by atoms with Crippen LogP contribution in [0.3, 0.4) is 0 Å². The van der Waals surface area contributed by atoms with Crippen LogP contribution in [-0.2, 0) is 20.7 Å². The summed E-state index contributed by atoms with van der Waals surface area (Å²) in [5.41, 5.74) is 0.379. The first kappa shape index (κ1) is 26.3. The van der Waals surface area contributed by atoms with Crippen LogP contribution in [0.25, 0.3) is 6.08 Å². The highest BCUT2D eigenvalue weighted by Gasteiger charge is 2.35. The zero-order valence-corrected chi connectivity index (χ0v) is 20.0. The summed E-state index contributed by atoms with van der Waals surface area (Å²) in [5.74, 6) is -0.861. The van der Waals surface area contributed by atoms with Gasteiger partial charge in [0.15, 0.2) is 0 Å². The Kier molecular flexibility index (Phi) is 6.96. The molecule has 1 N–H and O–H groups in total. The summed E-state index contributed by atoms with van der Waals surface area (Å²) in [5, 5.41) is 20.4. The highest BCUT2D eigenvalue weighted by atomic mass is 32.2. The van der Waals surface area contributed by atoms with Crippen molar-refractivity contribution >= 4 is 15.9 Å². The molecule has 33 heavy (non-hydrogen) atoms. The molecule has 0 fully saturated rings. The Morgan fingerprint density at radius 3 is 1.91 bits per heavy atom. The average molecular weight is 482 g/mol. The summed E-state index contributed by atoms with van der Waals surface area (Å²) in [6, 6.07) is 8.96. The molecule has 0 atom stereocenters. The summed E-state index contributed by atoms with van der Waals surface area (Å²) >= 11 is 0. The fraction of sp³-hybridized carbons (Fsp3) is 0.375. The lowest BCUT2D eigenvalue weighted by Gasteiger charge is -2.28. The topological polar surface area (TPSA) is 87.4 Å². The number of nitriles is 1. The van der Waals surface area contributed by atoms with Gasteiger partial charge in [0.25, 0.3) is 0 Å². The van der Waals surface area contributed by atoms with Crippen molar-refractivity contribution in [3.63, 3.8) is 0 Å². The van der Waals surface area contributed by atoms with E-state index in [0.717, 1.165) is 18.2 Å². The van der Waals surface area contributed by atoms with Gasteiger partial charge in [-0.3, -0.25) is 0 Å². The number of phenolic OH excluding ortho intramolecular Hbond substituents is 1. The first-order chi connectivity index (χ1) is 14.9. The summed E-state index contributed by atoms with van der Waals surface area (Å²) in [4.78, 5) is -1.54. The number of rotatable bonds is 4. The fourth-order valence-electron chi connectivity index (χ4n) is 3.20. The predicted octanol–water partition coefficient (Wildman–Crippen LogP) is 6.22. The van der Waals surface area contributed by atoms with E-state index in [1.54, 1.807) is 18.2 Å². The molecule has 5 nitrogen and oxygen atoms in total. The Hall–Kier alpha value is -2.99. The monoisotopic (exact) mass is 481 g/mol. The second-order valence-electron chi connectivity index (χ2n) is 9.58. The molecule has 178 valence electrons. The van der Waals surface area contributed by atoms with Crippen molar-refractivity contribution < 1.29 is 31.4 Å². The van der Waals surface area contributed by atoms with Crippen LogP contribution in [0.5, 0.6) is 11.5 Å². The van der Waals surface area contributed by atoms with Crippen LogP contribution < -0.4 is 4.74 Å².